The highest BCUT2D eigenvalue weighted by Crippen LogP contribution is 2.29. The van der Waals surface area contributed by atoms with Crippen molar-refractivity contribution in [3.8, 4) is 11.1 Å². The Morgan fingerprint density at radius 2 is 2.07 bits per heavy atom. The van der Waals surface area contributed by atoms with Gasteiger partial charge in [-0.2, -0.15) is 0 Å². The molecule has 1 aromatic carbocycles. The molecule has 3 aromatic rings. The Morgan fingerprint density at radius 1 is 1.20 bits per heavy atom. The first-order chi connectivity index (χ1) is 21.3. The lowest BCUT2D eigenvalue weighted by molar-refractivity contribution is -0.152. The molecule has 0 saturated carbocycles. The van der Waals surface area contributed by atoms with Crippen LogP contribution in [-0.4, -0.2) is 108 Å². The minimum absolute atomic E-state index is 0.0291. The number of cyclic esters (lactones) is 1. The SMILES string of the molecule is COC(=O)N(C)CCOCC(=O)OC[C@@H]1CC(c2ccc(-c3ccc(N4C[C@H](Cn5ccnn5)OC4=O)cc3F)cn2)=NO1. The molecule has 2 aromatic heterocycles. The van der Waals surface area contributed by atoms with Crippen LogP contribution >= 0.6 is 0 Å². The lowest BCUT2D eigenvalue weighted by atomic mass is 10.0. The number of rotatable bonds is 12. The molecule has 0 N–H and O–H groups in total. The molecular formula is C28H30FN7O8. The van der Waals surface area contributed by atoms with Gasteiger partial charge >= 0.3 is 18.2 Å². The van der Waals surface area contributed by atoms with Crippen molar-refractivity contribution in [1.29, 1.82) is 0 Å². The molecule has 44 heavy (non-hydrogen) atoms. The Morgan fingerprint density at radius 3 is 2.80 bits per heavy atom. The van der Waals surface area contributed by atoms with Crippen LogP contribution in [-0.2, 0) is 35.1 Å². The highest BCUT2D eigenvalue weighted by atomic mass is 19.1. The fourth-order valence-electron chi connectivity index (χ4n) is 4.50. The van der Waals surface area contributed by atoms with Gasteiger partial charge in [0.05, 0.1) is 44.4 Å². The monoisotopic (exact) mass is 611 g/mol. The number of hydrogen-bond donors (Lipinski definition) is 0. The molecule has 1 fully saturated rings. The molecule has 4 heterocycles. The number of esters is 1. The number of ether oxygens (including phenoxy) is 4. The van der Waals surface area contributed by atoms with E-state index in [1.165, 1.54) is 35.4 Å². The molecule has 2 aliphatic rings. The van der Waals surface area contributed by atoms with E-state index in [0.717, 1.165) is 0 Å². The largest absolute Gasteiger partial charge is 0.460 e. The summed E-state index contributed by atoms with van der Waals surface area (Å²) in [5.74, 6) is -1.10. The van der Waals surface area contributed by atoms with Crippen molar-refractivity contribution in [2.75, 3.05) is 52.0 Å². The molecular weight excluding hydrogens is 581 g/mol. The zero-order valence-electron chi connectivity index (χ0n) is 24.0. The van der Waals surface area contributed by atoms with E-state index in [2.05, 4.69) is 25.2 Å². The highest BCUT2D eigenvalue weighted by molar-refractivity contribution is 5.99. The van der Waals surface area contributed by atoms with Gasteiger partial charge in [0, 0.05) is 43.5 Å². The zero-order chi connectivity index (χ0) is 31.1. The first-order valence-corrected chi connectivity index (χ1v) is 13.6. The van der Waals surface area contributed by atoms with Crippen LogP contribution in [0.3, 0.4) is 0 Å². The van der Waals surface area contributed by atoms with E-state index < -0.39 is 36.2 Å². The highest BCUT2D eigenvalue weighted by Gasteiger charge is 2.33. The number of carbonyl (C=O) groups excluding carboxylic acids is 3. The number of hydrogen-bond acceptors (Lipinski definition) is 12. The summed E-state index contributed by atoms with van der Waals surface area (Å²) in [5, 5.41) is 11.7. The number of carbonyl (C=O) groups is 3. The quantitative estimate of drug-likeness (QED) is 0.168. The molecule has 5 rings (SSSR count). The van der Waals surface area contributed by atoms with Crippen molar-refractivity contribution in [2.24, 2.45) is 5.16 Å². The first kappa shape index (κ1) is 30.3. The molecule has 0 unspecified atom stereocenters. The molecule has 232 valence electrons. The predicted octanol–water partition coefficient (Wildman–Crippen LogP) is 2.26. The van der Waals surface area contributed by atoms with Crippen LogP contribution in [0.1, 0.15) is 12.1 Å². The summed E-state index contributed by atoms with van der Waals surface area (Å²) in [4.78, 5) is 48.1. The van der Waals surface area contributed by atoms with E-state index in [1.54, 1.807) is 42.2 Å². The normalized spacial score (nSPS) is 17.6. The average molecular weight is 612 g/mol. The van der Waals surface area contributed by atoms with Crippen molar-refractivity contribution >= 4 is 29.6 Å². The number of anilines is 1. The summed E-state index contributed by atoms with van der Waals surface area (Å²) in [5.41, 5.74) is 2.32. The Bertz CT molecular complexity index is 1500. The van der Waals surface area contributed by atoms with E-state index in [-0.39, 0.29) is 32.9 Å². The van der Waals surface area contributed by atoms with Crippen LogP contribution < -0.4 is 4.90 Å². The Labute approximate surface area is 251 Å². The van der Waals surface area contributed by atoms with E-state index in [9.17, 15) is 14.4 Å². The average Bonchev–Trinajstić information content (AvgIpc) is 3.80. The summed E-state index contributed by atoms with van der Waals surface area (Å²) >= 11 is 0. The van der Waals surface area contributed by atoms with Gasteiger partial charge in [-0.05, 0) is 24.3 Å². The minimum Gasteiger partial charge on any atom is -0.460 e. The van der Waals surface area contributed by atoms with E-state index >= 15 is 4.39 Å². The van der Waals surface area contributed by atoms with Gasteiger partial charge in [-0.15, -0.1) is 5.10 Å². The Hall–Kier alpha value is -5.12. The van der Waals surface area contributed by atoms with Gasteiger partial charge < -0.3 is 28.7 Å². The second-order valence-electron chi connectivity index (χ2n) is 9.93. The number of amides is 2. The van der Waals surface area contributed by atoms with Crippen molar-refractivity contribution in [1.82, 2.24) is 24.9 Å². The Kier molecular flexibility index (Phi) is 9.59. The number of aromatic nitrogens is 4. The summed E-state index contributed by atoms with van der Waals surface area (Å²) < 4.78 is 37.1. The van der Waals surface area contributed by atoms with Crippen molar-refractivity contribution in [2.45, 2.75) is 25.2 Å². The summed E-state index contributed by atoms with van der Waals surface area (Å²) in [7, 11) is 2.83. The standard InChI is InChI=1S/C28H30FN7O8/c1-34(27(38)40-2)9-10-41-17-26(37)42-16-20-12-25(32-44-20)24-6-3-18(13-30-24)22-5-4-19(11-23(22)29)36-15-21(43-28(36)39)14-35-8-7-31-33-35/h3-8,11,13,20-21H,9-10,12,14-17H2,1-2H3/t20-,21-/m0/s1. The number of likely N-dealkylation sites (N-methyl/N-ethyl adjacent to an activating group) is 1. The molecule has 2 atom stereocenters. The first-order valence-electron chi connectivity index (χ1n) is 13.6. The number of halogens is 1. The van der Waals surface area contributed by atoms with E-state index in [1.807, 2.05) is 0 Å². The third-order valence-corrected chi connectivity index (χ3v) is 6.81. The second-order valence-corrected chi connectivity index (χ2v) is 9.93. The number of benzene rings is 1. The van der Waals surface area contributed by atoms with Crippen molar-refractivity contribution in [3.63, 3.8) is 0 Å². The van der Waals surface area contributed by atoms with Crippen molar-refractivity contribution in [3.05, 3.63) is 60.4 Å². The Balaban J connectivity index is 1.08. The molecule has 2 amide bonds. The molecule has 0 spiro atoms. The fraction of sp³-hybridized carbons (Fsp3) is 0.393. The van der Waals surface area contributed by atoms with Gasteiger partial charge in [0.1, 0.15) is 30.8 Å². The lowest BCUT2D eigenvalue weighted by Gasteiger charge is -2.15. The molecule has 15 nitrogen and oxygen atoms in total. The van der Waals surface area contributed by atoms with Crippen LogP contribution in [0.4, 0.5) is 19.7 Å². The fourth-order valence-corrected chi connectivity index (χ4v) is 4.50. The minimum atomic E-state index is -0.577. The maximum absolute atomic E-state index is 15.2. The summed E-state index contributed by atoms with van der Waals surface area (Å²) in [6.07, 6.45) is 3.10. The molecule has 0 bridgehead atoms. The zero-order valence-corrected chi connectivity index (χ0v) is 24.0. The van der Waals surface area contributed by atoms with Gasteiger partial charge in [-0.25, -0.2) is 23.5 Å². The van der Waals surface area contributed by atoms with Gasteiger partial charge in [0.25, 0.3) is 0 Å². The van der Waals surface area contributed by atoms with Gasteiger partial charge in [-0.3, -0.25) is 9.88 Å². The van der Waals surface area contributed by atoms with Gasteiger partial charge in [0.2, 0.25) is 0 Å². The van der Waals surface area contributed by atoms with E-state index in [0.29, 0.717) is 41.2 Å². The predicted molar refractivity (Wildman–Crippen MR) is 150 cm³/mol. The van der Waals surface area contributed by atoms with Crippen LogP contribution in [0.2, 0.25) is 0 Å². The summed E-state index contributed by atoms with van der Waals surface area (Å²) in [6.45, 7) is 0.692. The van der Waals surface area contributed by atoms with Crippen molar-refractivity contribution < 1.29 is 42.6 Å². The molecule has 0 aliphatic carbocycles. The molecule has 16 heteroatoms. The maximum atomic E-state index is 15.2. The maximum Gasteiger partial charge on any atom is 0.414 e. The number of oxime groups is 1. The van der Waals surface area contributed by atoms with Crippen LogP contribution in [0.15, 0.2) is 54.1 Å². The van der Waals surface area contributed by atoms with Crippen LogP contribution in [0.25, 0.3) is 11.1 Å². The number of methoxy groups -OCH3 is 1. The second kappa shape index (κ2) is 13.9. The molecule has 2 aliphatic heterocycles. The lowest BCUT2D eigenvalue weighted by Crippen LogP contribution is -2.30. The summed E-state index contributed by atoms with van der Waals surface area (Å²) in [6, 6.07) is 7.93. The number of nitrogens with zero attached hydrogens (tertiary/aromatic N) is 7. The van der Waals surface area contributed by atoms with Gasteiger partial charge in [-0.1, -0.05) is 16.4 Å². The molecule has 0 radical (unpaired) electrons. The van der Waals surface area contributed by atoms with Crippen LogP contribution in [0.5, 0.6) is 0 Å². The van der Waals surface area contributed by atoms with Gasteiger partial charge in [0.15, 0.2) is 6.10 Å². The van der Waals surface area contributed by atoms with Crippen LogP contribution in [0, 0.1) is 5.82 Å². The molecule has 1 saturated heterocycles. The van der Waals surface area contributed by atoms with E-state index in [4.69, 9.17) is 19.0 Å². The third kappa shape index (κ3) is 7.44. The third-order valence-electron chi connectivity index (χ3n) is 6.81. The topological polar surface area (TPSA) is 160 Å². The number of pyridine rings is 1. The smallest absolute Gasteiger partial charge is 0.414 e.